The zero-order valence-corrected chi connectivity index (χ0v) is 16.7. The molecule has 11 heteroatoms. The van der Waals surface area contributed by atoms with Crippen LogP contribution >= 0.6 is 11.6 Å². The first kappa shape index (κ1) is 22.0. The largest absolute Gasteiger partial charge is 0.416 e. The number of carbonyl (C=O) groups is 2. The quantitative estimate of drug-likeness (QED) is 0.541. The molecule has 4 N–H and O–H groups in total. The van der Waals surface area contributed by atoms with E-state index in [0.717, 1.165) is 12.1 Å². The first-order valence-electron chi connectivity index (χ1n) is 8.72. The summed E-state index contributed by atoms with van der Waals surface area (Å²) >= 11 is 5.90. The van der Waals surface area contributed by atoms with E-state index < -0.39 is 23.6 Å². The Morgan fingerprint density at radius 3 is 2.19 bits per heavy atom. The van der Waals surface area contributed by atoms with E-state index in [0.29, 0.717) is 17.3 Å². The standard InChI is InChI=1S/C20H15ClF3N5O2/c1-10-2-4-12(7-14(10)17(30)29-13-8-26-19(25)27-9-13)28-18(31)15-6-11(20(22,23)24)3-5-16(15)21/h2-9H,1H3,(H,28,31)(H,29,30)(H2,25,26,27). The number of aryl methyl sites for hydroxylation is 1. The van der Waals surface area contributed by atoms with Crippen LogP contribution in [0.15, 0.2) is 48.8 Å². The third kappa shape index (κ3) is 5.28. The van der Waals surface area contributed by atoms with Crippen LogP contribution in [0.4, 0.5) is 30.5 Å². The van der Waals surface area contributed by atoms with Crippen LogP contribution in [0.1, 0.15) is 31.8 Å². The average molecular weight is 450 g/mol. The van der Waals surface area contributed by atoms with E-state index in [9.17, 15) is 22.8 Å². The van der Waals surface area contributed by atoms with Crippen LogP contribution in [0.2, 0.25) is 5.02 Å². The van der Waals surface area contributed by atoms with Crippen LogP contribution in [0.25, 0.3) is 0 Å². The van der Waals surface area contributed by atoms with Gasteiger partial charge >= 0.3 is 6.18 Å². The normalized spacial score (nSPS) is 11.1. The zero-order chi connectivity index (χ0) is 22.8. The van der Waals surface area contributed by atoms with Crippen molar-refractivity contribution >= 4 is 40.7 Å². The number of hydrogen-bond donors (Lipinski definition) is 3. The zero-order valence-electron chi connectivity index (χ0n) is 15.9. The van der Waals surface area contributed by atoms with E-state index in [-0.39, 0.29) is 27.8 Å². The first-order valence-corrected chi connectivity index (χ1v) is 9.10. The topological polar surface area (TPSA) is 110 Å². The molecule has 0 aliphatic carbocycles. The number of nitrogens with zero attached hydrogens (tertiary/aromatic N) is 2. The summed E-state index contributed by atoms with van der Waals surface area (Å²) in [6.45, 7) is 1.68. The van der Waals surface area contributed by atoms with Crippen molar-refractivity contribution in [3.05, 3.63) is 76.1 Å². The second-order valence-electron chi connectivity index (χ2n) is 6.46. The Hall–Kier alpha value is -3.66. The molecule has 0 atom stereocenters. The number of nitrogens with two attached hydrogens (primary N) is 1. The smallest absolute Gasteiger partial charge is 0.368 e. The van der Waals surface area contributed by atoms with Gasteiger partial charge < -0.3 is 16.4 Å². The van der Waals surface area contributed by atoms with Crippen molar-refractivity contribution in [3.8, 4) is 0 Å². The van der Waals surface area contributed by atoms with E-state index in [1.807, 2.05) is 0 Å². The molecule has 7 nitrogen and oxygen atoms in total. The molecule has 3 rings (SSSR count). The molecule has 2 amide bonds. The number of rotatable bonds is 4. The number of aromatic nitrogens is 2. The number of nitrogens with one attached hydrogen (secondary N) is 2. The summed E-state index contributed by atoms with van der Waals surface area (Å²) in [6, 6.07) is 6.94. The van der Waals surface area contributed by atoms with Gasteiger partial charge in [0.2, 0.25) is 5.95 Å². The highest BCUT2D eigenvalue weighted by Crippen LogP contribution is 2.32. The Kier molecular flexibility index (Phi) is 6.11. The molecule has 0 spiro atoms. The van der Waals surface area contributed by atoms with Crippen molar-refractivity contribution in [1.29, 1.82) is 0 Å². The molecule has 0 bridgehead atoms. The molecule has 160 valence electrons. The highest BCUT2D eigenvalue weighted by atomic mass is 35.5. The lowest BCUT2D eigenvalue weighted by Crippen LogP contribution is -2.17. The minimum atomic E-state index is -4.62. The Labute approximate surface area is 179 Å². The summed E-state index contributed by atoms with van der Waals surface area (Å²) in [7, 11) is 0. The number of carbonyl (C=O) groups excluding carboxylic acids is 2. The van der Waals surface area contributed by atoms with Gasteiger partial charge in [-0.1, -0.05) is 17.7 Å². The van der Waals surface area contributed by atoms with Gasteiger partial charge in [0.15, 0.2) is 0 Å². The molecule has 31 heavy (non-hydrogen) atoms. The van der Waals surface area contributed by atoms with Crippen molar-refractivity contribution in [2.24, 2.45) is 0 Å². The van der Waals surface area contributed by atoms with Gasteiger partial charge in [-0.3, -0.25) is 9.59 Å². The second-order valence-corrected chi connectivity index (χ2v) is 6.87. The molecule has 0 aliphatic rings. The van der Waals surface area contributed by atoms with Crippen molar-refractivity contribution in [2.75, 3.05) is 16.4 Å². The van der Waals surface area contributed by atoms with Gasteiger partial charge in [-0.25, -0.2) is 9.97 Å². The van der Waals surface area contributed by atoms with Crippen LogP contribution in [0.5, 0.6) is 0 Å². The molecule has 0 saturated heterocycles. The van der Waals surface area contributed by atoms with Gasteiger partial charge in [-0.05, 0) is 42.8 Å². The lowest BCUT2D eigenvalue weighted by molar-refractivity contribution is -0.137. The maximum absolute atomic E-state index is 12.9. The predicted octanol–water partition coefficient (Wildman–Crippen LogP) is 4.54. The SMILES string of the molecule is Cc1ccc(NC(=O)c2cc(C(F)(F)F)ccc2Cl)cc1C(=O)Nc1cnc(N)nc1. The van der Waals surface area contributed by atoms with E-state index >= 15 is 0 Å². The number of hydrogen-bond acceptors (Lipinski definition) is 5. The molecular weight excluding hydrogens is 435 g/mol. The molecule has 0 saturated carbocycles. The van der Waals surface area contributed by atoms with Gasteiger partial charge in [-0.2, -0.15) is 13.2 Å². The van der Waals surface area contributed by atoms with Crippen LogP contribution in [0, 0.1) is 6.92 Å². The number of amides is 2. The second kappa shape index (κ2) is 8.60. The van der Waals surface area contributed by atoms with Crippen LogP contribution in [0.3, 0.4) is 0 Å². The summed E-state index contributed by atoms with van der Waals surface area (Å²) in [4.78, 5) is 32.6. The molecule has 0 aliphatic heterocycles. The van der Waals surface area contributed by atoms with Crippen molar-refractivity contribution in [3.63, 3.8) is 0 Å². The molecule has 1 heterocycles. The van der Waals surface area contributed by atoms with Crippen molar-refractivity contribution < 1.29 is 22.8 Å². The lowest BCUT2D eigenvalue weighted by Gasteiger charge is -2.13. The fraction of sp³-hybridized carbons (Fsp3) is 0.100. The fourth-order valence-electron chi connectivity index (χ4n) is 2.62. The summed E-state index contributed by atoms with van der Waals surface area (Å²) in [5.41, 5.74) is 5.39. The molecule has 0 unspecified atom stereocenters. The number of alkyl halides is 3. The van der Waals surface area contributed by atoms with E-state index in [1.165, 1.54) is 24.5 Å². The van der Waals surface area contributed by atoms with Gasteiger partial charge in [0, 0.05) is 11.3 Å². The van der Waals surface area contributed by atoms with Crippen molar-refractivity contribution in [1.82, 2.24) is 9.97 Å². The molecule has 0 fully saturated rings. The Morgan fingerprint density at radius 2 is 1.55 bits per heavy atom. The Balaban J connectivity index is 1.82. The summed E-state index contributed by atoms with van der Waals surface area (Å²) in [6.07, 6.45) is -1.96. The molecular formula is C20H15ClF3N5O2. The van der Waals surface area contributed by atoms with Gasteiger partial charge in [0.05, 0.1) is 34.2 Å². The molecule has 3 aromatic rings. The Bertz CT molecular complexity index is 1150. The van der Waals surface area contributed by atoms with E-state index in [1.54, 1.807) is 13.0 Å². The van der Waals surface area contributed by atoms with Gasteiger partial charge in [-0.15, -0.1) is 0 Å². The monoisotopic (exact) mass is 449 g/mol. The third-order valence-corrected chi connectivity index (χ3v) is 4.54. The first-order chi connectivity index (χ1) is 14.5. The molecule has 2 aromatic carbocycles. The Morgan fingerprint density at radius 1 is 0.935 bits per heavy atom. The predicted molar refractivity (Wildman–Crippen MR) is 110 cm³/mol. The summed E-state index contributed by atoms with van der Waals surface area (Å²) in [5.74, 6) is -1.30. The van der Waals surface area contributed by atoms with Gasteiger partial charge in [0.25, 0.3) is 11.8 Å². The highest BCUT2D eigenvalue weighted by Gasteiger charge is 2.31. The third-order valence-electron chi connectivity index (χ3n) is 4.21. The molecule has 1 aromatic heterocycles. The number of benzene rings is 2. The van der Waals surface area contributed by atoms with E-state index in [4.69, 9.17) is 17.3 Å². The number of nitrogen functional groups attached to an aromatic ring is 1. The minimum absolute atomic E-state index is 0.0483. The lowest BCUT2D eigenvalue weighted by atomic mass is 10.1. The summed E-state index contributed by atoms with van der Waals surface area (Å²) < 4.78 is 38.8. The number of anilines is 3. The van der Waals surface area contributed by atoms with Gasteiger partial charge in [0.1, 0.15) is 0 Å². The van der Waals surface area contributed by atoms with Crippen LogP contribution in [-0.2, 0) is 6.18 Å². The average Bonchev–Trinajstić information content (AvgIpc) is 2.70. The maximum atomic E-state index is 12.9. The summed E-state index contributed by atoms with van der Waals surface area (Å²) in [5, 5.41) is 4.91. The minimum Gasteiger partial charge on any atom is -0.368 e. The maximum Gasteiger partial charge on any atom is 0.416 e. The van der Waals surface area contributed by atoms with E-state index in [2.05, 4.69) is 20.6 Å². The van der Waals surface area contributed by atoms with Crippen LogP contribution < -0.4 is 16.4 Å². The fourth-order valence-corrected chi connectivity index (χ4v) is 2.82. The molecule has 0 radical (unpaired) electrons. The van der Waals surface area contributed by atoms with Crippen LogP contribution in [-0.4, -0.2) is 21.8 Å². The highest BCUT2D eigenvalue weighted by molar-refractivity contribution is 6.34. The van der Waals surface area contributed by atoms with Crippen molar-refractivity contribution in [2.45, 2.75) is 13.1 Å². The number of halogens is 4.